The molecule has 2 aromatic heterocycles. The average Bonchev–Trinajstić information content (AvgIpc) is 3.11. The zero-order valence-electron chi connectivity index (χ0n) is 15.3. The van der Waals surface area contributed by atoms with Crippen molar-refractivity contribution in [1.82, 2.24) is 25.0 Å². The first-order valence-corrected chi connectivity index (χ1v) is 9.01. The van der Waals surface area contributed by atoms with Crippen LogP contribution in [0.2, 0.25) is 5.02 Å². The topological polar surface area (TPSA) is 94.2 Å². The van der Waals surface area contributed by atoms with E-state index in [9.17, 15) is 4.79 Å². The summed E-state index contributed by atoms with van der Waals surface area (Å²) in [6.45, 7) is 8.97. The van der Waals surface area contributed by atoms with Gasteiger partial charge in [-0.3, -0.25) is 4.79 Å². The Kier molecular flexibility index (Phi) is 5.52. The van der Waals surface area contributed by atoms with Gasteiger partial charge < -0.3 is 14.2 Å². The van der Waals surface area contributed by atoms with Gasteiger partial charge in [0.15, 0.2) is 11.5 Å². The van der Waals surface area contributed by atoms with Gasteiger partial charge in [-0.2, -0.15) is 4.98 Å². The number of halogens is 1. The molecule has 9 heteroatoms. The van der Waals surface area contributed by atoms with E-state index in [2.05, 4.69) is 20.1 Å². The first-order chi connectivity index (χ1) is 12.4. The van der Waals surface area contributed by atoms with Gasteiger partial charge in [0, 0.05) is 18.4 Å². The maximum absolute atomic E-state index is 13.1. The van der Waals surface area contributed by atoms with Crippen LogP contribution in [0.4, 0.5) is 0 Å². The van der Waals surface area contributed by atoms with Crippen LogP contribution in [0.15, 0.2) is 10.7 Å². The molecule has 1 fully saturated rings. The quantitative estimate of drug-likeness (QED) is 0.805. The van der Waals surface area contributed by atoms with Crippen molar-refractivity contribution in [2.24, 2.45) is 0 Å². The second-order valence-electron chi connectivity index (χ2n) is 6.81. The lowest BCUT2D eigenvalue weighted by Crippen LogP contribution is -2.44. The molecule has 8 nitrogen and oxygen atoms in total. The van der Waals surface area contributed by atoms with Gasteiger partial charge in [0.25, 0.3) is 5.91 Å². The number of carbonyl (C=O) groups excluding carboxylic acids is 1. The fraction of sp³-hybridized carbons (Fsp3) is 0.588. The van der Waals surface area contributed by atoms with E-state index in [0.29, 0.717) is 37.3 Å². The molecule has 2 aromatic rings. The summed E-state index contributed by atoms with van der Waals surface area (Å²) in [4.78, 5) is 27.7. The Hall–Kier alpha value is -2.06. The van der Waals surface area contributed by atoms with Crippen LogP contribution in [0.5, 0.6) is 0 Å². The van der Waals surface area contributed by atoms with Crippen molar-refractivity contribution < 1.29 is 14.1 Å². The van der Waals surface area contributed by atoms with Gasteiger partial charge in [-0.05, 0) is 0 Å². The van der Waals surface area contributed by atoms with Crippen molar-refractivity contribution in [3.05, 3.63) is 34.5 Å². The van der Waals surface area contributed by atoms with Crippen LogP contribution >= 0.6 is 11.6 Å². The Morgan fingerprint density at radius 3 is 2.69 bits per heavy atom. The summed E-state index contributed by atoms with van der Waals surface area (Å²) < 4.78 is 10.8. The zero-order valence-corrected chi connectivity index (χ0v) is 16.0. The first kappa shape index (κ1) is 18.7. The molecule has 1 atom stereocenters. The largest absolute Gasteiger partial charge is 0.377 e. The Labute approximate surface area is 156 Å². The van der Waals surface area contributed by atoms with Gasteiger partial charge in [-0.25, -0.2) is 9.97 Å². The minimum atomic E-state index is -0.443. The molecule has 0 bridgehead atoms. The Morgan fingerprint density at radius 1 is 1.27 bits per heavy atom. The van der Waals surface area contributed by atoms with Crippen molar-refractivity contribution in [2.45, 2.75) is 45.6 Å². The second kappa shape index (κ2) is 7.67. The van der Waals surface area contributed by atoms with E-state index in [0.717, 1.165) is 0 Å². The molecule has 26 heavy (non-hydrogen) atoms. The molecule has 1 saturated heterocycles. The SMILES string of the molecule is CC(C)c1ncc(Cl)c(C(=O)N2CCOCC2c2noc(C(C)C)n2)n1. The van der Waals surface area contributed by atoms with Gasteiger partial charge in [-0.1, -0.05) is 44.5 Å². The molecular formula is C17H22ClN5O3. The van der Waals surface area contributed by atoms with Gasteiger partial charge in [0.2, 0.25) is 5.89 Å². The monoisotopic (exact) mass is 379 g/mol. The Balaban J connectivity index is 1.92. The van der Waals surface area contributed by atoms with Crippen molar-refractivity contribution in [3.8, 4) is 0 Å². The lowest BCUT2D eigenvalue weighted by Gasteiger charge is -2.33. The minimum absolute atomic E-state index is 0.0881. The van der Waals surface area contributed by atoms with E-state index in [1.165, 1.54) is 6.20 Å². The van der Waals surface area contributed by atoms with E-state index in [4.69, 9.17) is 20.9 Å². The smallest absolute Gasteiger partial charge is 0.274 e. The third-order valence-corrected chi connectivity index (χ3v) is 4.40. The lowest BCUT2D eigenvalue weighted by atomic mass is 10.1. The van der Waals surface area contributed by atoms with Crippen LogP contribution in [-0.2, 0) is 4.74 Å². The van der Waals surface area contributed by atoms with Crippen LogP contribution in [0.3, 0.4) is 0 Å². The van der Waals surface area contributed by atoms with Crippen molar-refractivity contribution in [2.75, 3.05) is 19.8 Å². The van der Waals surface area contributed by atoms with Crippen LogP contribution < -0.4 is 0 Å². The standard InChI is InChI=1S/C17H22ClN5O3/c1-9(2)14-19-7-11(18)13(20-14)17(24)23-5-6-25-8-12(23)15-21-16(10(3)4)26-22-15/h7,9-10,12H,5-6,8H2,1-4H3. The fourth-order valence-electron chi connectivity index (χ4n) is 2.62. The highest BCUT2D eigenvalue weighted by Gasteiger charge is 2.34. The summed E-state index contributed by atoms with van der Waals surface area (Å²) in [5.74, 6) is 1.43. The van der Waals surface area contributed by atoms with E-state index in [-0.39, 0.29) is 28.5 Å². The predicted molar refractivity (Wildman–Crippen MR) is 94.1 cm³/mol. The molecule has 0 radical (unpaired) electrons. The number of aromatic nitrogens is 4. The highest BCUT2D eigenvalue weighted by molar-refractivity contribution is 6.33. The number of nitrogens with zero attached hydrogens (tertiary/aromatic N) is 5. The molecule has 0 saturated carbocycles. The number of carbonyl (C=O) groups is 1. The molecule has 3 rings (SSSR count). The van der Waals surface area contributed by atoms with E-state index >= 15 is 0 Å². The number of rotatable bonds is 4. The van der Waals surface area contributed by atoms with Gasteiger partial charge >= 0.3 is 0 Å². The van der Waals surface area contributed by atoms with Crippen molar-refractivity contribution in [1.29, 1.82) is 0 Å². The molecule has 0 spiro atoms. The molecule has 1 aliphatic rings. The fourth-order valence-corrected chi connectivity index (χ4v) is 2.79. The Bertz CT molecular complexity index is 792. The number of amides is 1. The maximum atomic E-state index is 13.1. The van der Waals surface area contributed by atoms with Gasteiger partial charge in [0.1, 0.15) is 11.9 Å². The summed E-state index contributed by atoms with van der Waals surface area (Å²) in [5.41, 5.74) is 0.185. The third kappa shape index (κ3) is 3.71. The number of hydrogen-bond donors (Lipinski definition) is 0. The van der Waals surface area contributed by atoms with E-state index in [1.54, 1.807) is 4.90 Å². The highest BCUT2D eigenvalue weighted by atomic mass is 35.5. The molecule has 0 aliphatic carbocycles. The average molecular weight is 380 g/mol. The van der Waals surface area contributed by atoms with E-state index in [1.807, 2.05) is 27.7 Å². The number of morpholine rings is 1. The molecule has 0 aromatic carbocycles. The molecule has 1 amide bonds. The molecule has 3 heterocycles. The van der Waals surface area contributed by atoms with Crippen LogP contribution in [0.25, 0.3) is 0 Å². The van der Waals surface area contributed by atoms with E-state index < -0.39 is 6.04 Å². The molecule has 140 valence electrons. The van der Waals surface area contributed by atoms with Crippen LogP contribution in [-0.4, -0.2) is 50.7 Å². The normalized spacial score (nSPS) is 18.0. The van der Waals surface area contributed by atoms with Gasteiger partial charge in [0.05, 0.1) is 24.4 Å². The minimum Gasteiger partial charge on any atom is -0.377 e. The molecular weight excluding hydrogens is 358 g/mol. The Morgan fingerprint density at radius 2 is 2.04 bits per heavy atom. The second-order valence-corrected chi connectivity index (χ2v) is 7.22. The predicted octanol–water partition coefficient (Wildman–Crippen LogP) is 2.97. The summed E-state index contributed by atoms with van der Waals surface area (Å²) in [7, 11) is 0. The summed E-state index contributed by atoms with van der Waals surface area (Å²) in [5, 5.41) is 4.25. The molecule has 1 aliphatic heterocycles. The van der Waals surface area contributed by atoms with Crippen LogP contribution in [0.1, 0.15) is 73.6 Å². The van der Waals surface area contributed by atoms with Crippen molar-refractivity contribution >= 4 is 17.5 Å². The first-order valence-electron chi connectivity index (χ1n) is 8.63. The van der Waals surface area contributed by atoms with Crippen LogP contribution in [0, 0.1) is 0 Å². The summed E-state index contributed by atoms with van der Waals surface area (Å²) >= 11 is 6.20. The molecule has 0 N–H and O–H groups in total. The number of hydrogen-bond acceptors (Lipinski definition) is 7. The van der Waals surface area contributed by atoms with Crippen molar-refractivity contribution in [3.63, 3.8) is 0 Å². The number of ether oxygens (including phenoxy) is 1. The maximum Gasteiger partial charge on any atom is 0.274 e. The summed E-state index contributed by atoms with van der Waals surface area (Å²) in [6.07, 6.45) is 1.47. The van der Waals surface area contributed by atoms with Gasteiger partial charge in [-0.15, -0.1) is 0 Å². The summed E-state index contributed by atoms with van der Waals surface area (Å²) in [6, 6.07) is -0.443. The molecule has 1 unspecified atom stereocenters. The zero-order chi connectivity index (χ0) is 18.8. The lowest BCUT2D eigenvalue weighted by molar-refractivity contribution is -0.00609. The highest BCUT2D eigenvalue weighted by Crippen LogP contribution is 2.27. The third-order valence-electron chi connectivity index (χ3n) is 4.12.